The van der Waals surface area contributed by atoms with Crippen LogP contribution in [-0.2, 0) is 6.42 Å². The number of likely N-dealkylation sites (tertiary alicyclic amines) is 1. The lowest BCUT2D eigenvalue weighted by Crippen LogP contribution is -2.56. The number of urea groups is 1. The standard InChI is InChI=1S/C20H27ClN4O/c1-4-25(5-2)20(26)22-12-9-14-13-7-6-8-16-18(13)15(19(21)23-16)10-17(14)24(3)11-12/h6-8,12,14,17,23H,4-5,9-11H2,1-3H3,(H,22,26)/t12?,14-,17-/m1/s1. The van der Waals surface area contributed by atoms with Crippen LogP contribution in [0.5, 0.6) is 0 Å². The number of hydrogen-bond acceptors (Lipinski definition) is 2. The lowest BCUT2D eigenvalue weighted by molar-refractivity contribution is 0.124. The molecule has 1 saturated heterocycles. The number of fused-ring (bicyclic) bond motifs is 2. The van der Waals surface area contributed by atoms with E-state index in [1.807, 2.05) is 18.7 Å². The minimum Gasteiger partial charge on any atom is -0.345 e. The molecular formula is C20H27ClN4O. The van der Waals surface area contributed by atoms with E-state index in [4.69, 9.17) is 11.6 Å². The third-order valence-corrected chi connectivity index (χ3v) is 6.50. The predicted octanol–water partition coefficient (Wildman–Crippen LogP) is 3.59. The van der Waals surface area contributed by atoms with Crippen molar-refractivity contribution in [1.29, 1.82) is 0 Å². The number of benzene rings is 1. The van der Waals surface area contributed by atoms with Gasteiger partial charge in [0, 0.05) is 48.5 Å². The molecule has 1 aliphatic carbocycles. The van der Waals surface area contributed by atoms with Gasteiger partial charge in [-0.3, -0.25) is 0 Å². The van der Waals surface area contributed by atoms with Crippen LogP contribution in [0.4, 0.5) is 4.79 Å². The minimum absolute atomic E-state index is 0.0474. The molecule has 1 fully saturated rings. The fourth-order valence-corrected chi connectivity index (χ4v) is 5.14. The Labute approximate surface area is 159 Å². The Kier molecular flexibility index (Phi) is 4.61. The molecule has 2 N–H and O–H groups in total. The van der Waals surface area contributed by atoms with Crippen LogP contribution in [0, 0.1) is 0 Å². The van der Waals surface area contributed by atoms with E-state index in [1.165, 1.54) is 16.5 Å². The number of nitrogens with one attached hydrogen (secondary N) is 2. The first kappa shape index (κ1) is 17.7. The number of nitrogens with zero attached hydrogens (tertiary/aromatic N) is 2. The number of hydrogen-bond donors (Lipinski definition) is 2. The highest BCUT2D eigenvalue weighted by Crippen LogP contribution is 2.45. The topological polar surface area (TPSA) is 51.4 Å². The summed E-state index contributed by atoms with van der Waals surface area (Å²) in [5.41, 5.74) is 3.74. The number of piperidine rings is 1. The largest absolute Gasteiger partial charge is 0.345 e. The quantitative estimate of drug-likeness (QED) is 0.862. The van der Waals surface area contributed by atoms with Crippen molar-refractivity contribution in [2.75, 3.05) is 26.7 Å². The summed E-state index contributed by atoms with van der Waals surface area (Å²) in [5, 5.41) is 5.33. The van der Waals surface area contributed by atoms with Crippen molar-refractivity contribution in [3.8, 4) is 0 Å². The van der Waals surface area contributed by atoms with Crippen molar-refractivity contribution in [2.24, 2.45) is 0 Å². The first-order chi connectivity index (χ1) is 12.5. The molecule has 26 heavy (non-hydrogen) atoms. The van der Waals surface area contributed by atoms with Crippen LogP contribution in [0.3, 0.4) is 0 Å². The fourth-order valence-electron chi connectivity index (χ4n) is 4.87. The van der Waals surface area contributed by atoms with E-state index in [2.05, 4.69) is 40.4 Å². The number of aromatic amines is 1. The second kappa shape index (κ2) is 6.78. The van der Waals surface area contributed by atoms with Crippen molar-refractivity contribution in [3.05, 3.63) is 34.5 Å². The molecule has 1 unspecified atom stereocenters. The number of carbonyl (C=O) groups excluding carboxylic acids is 1. The molecule has 140 valence electrons. The summed E-state index contributed by atoms with van der Waals surface area (Å²) in [6.45, 7) is 6.39. The van der Waals surface area contributed by atoms with E-state index in [1.54, 1.807) is 0 Å². The van der Waals surface area contributed by atoms with E-state index in [0.717, 1.165) is 43.1 Å². The van der Waals surface area contributed by atoms with E-state index < -0.39 is 0 Å². The maximum atomic E-state index is 12.5. The molecular weight excluding hydrogens is 348 g/mol. The third-order valence-electron chi connectivity index (χ3n) is 6.18. The van der Waals surface area contributed by atoms with E-state index in [-0.39, 0.29) is 12.1 Å². The summed E-state index contributed by atoms with van der Waals surface area (Å²) < 4.78 is 0. The first-order valence-corrected chi connectivity index (χ1v) is 9.95. The van der Waals surface area contributed by atoms with Gasteiger partial charge in [0.15, 0.2) is 0 Å². The van der Waals surface area contributed by atoms with Gasteiger partial charge in [-0.05, 0) is 50.9 Å². The number of halogens is 1. The summed E-state index contributed by atoms with van der Waals surface area (Å²) >= 11 is 6.48. The molecule has 0 spiro atoms. The summed E-state index contributed by atoms with van der Waals surface area (Å²) in [4.78, 5) is 20.1. The lowest BCUT2D eigenvalue weighted by atomic mass is 9.74. The van der Waals surface area contributed by atoms with Gasteiger partial charge in [0.05, 0.1) is 0 Å². The zero-order valence-corrected chi connectivity index (χ0v) is 16.4. The van der Waals surface area contributed by atoms with Crippen LogP contribution in [0.2, 0.25) is 5.15 Å². The molecule has 6 heteroatoms. The second-order valence-corrected chi connectivity index (χ2v) is 7.94. The maximum Gasteiger partial charge on any atom is 0.317 e. The van der Waals surface area contributed by atoms with Gasteiger partial charge in [0.2, 0.25) is 0 Å². The van der Waals surface area contributed by atoms with Gasteiger partial charge >= 0.3 is 6.03 Å². The summed E-state index contributed by atoms with van der Waals surface area (Å²) in [5.74, 6) is 0.416. The molecule has 2 aliphatic rings. The number of amides is 2. The normalized spacial score (nSPS) is 25.2. The number of carbonyl (C=O) groups is 1. The van der Waals surface area contributed by atoms with Gasteiger partial charge in [-0.2, -0.15) is 0 Å². The highest BCUT2D eigenvalue weighted by molar-refractivity contribution is 6.32. The molecule has 1 aromatic heterocycles. The molecule has 0 radical (unpaired) electrons. The number of H-pyrrole nitrogens is 1. The highest BCUT2D eigenvalue weighted by atomic mass is 35.5. The van der Waals surface area contributed by atoms with Crippen LogP contribution in [-0.4, -0.2) is 59.6 Å². The highest BCUT2D eigenvalue weighted by Gasteiger charge is 2.40. The fraction of sp³-hybridized carbons (Fsp3) is 0.550. The van der Waals surface area contributed by atoms with E-state index in [9.17, 15) is 4.79 Å². The average Bonchev–Trinajstić information content (AvgIpc) is 2.94. The summed E-state index contributed by atoms with van der Waals surface area (Å²) in [7, 11) is 2.17. The molecule has 4 rings (SSSR count). The van der Waals surface area contributed by atoms with Crippen LogP contribution in [0.15, 0.2) is 18.2 Å². The van der Waals surface area contributed by atoms with Crippen LogP contribution in [0.25, 0.3) is 10.9 Å². The van der Waals surface area contributed by atoms with Crippen molar-refractivity contribution in [3.63, 3.8) is 0 Å². The maximum absolute atomic E-state index is 12.5. The molecule has 5 nitrogen and oxygen atoms in total. The van der Waals surface area contributed by atoms with Gasteiger partial charge in [0.1, 0.15) is 5.15 Å². The molecule has 2 aromatic rings. The molecule has 3 atom stereocenters. The van der Waals surface area contributed by atoms with Gasteiger partial charge in [0.25, 0.3) is 0 Å². The molecule has 2 amide bonds. The Morgan fingerprint density at radius 2 is 2.15 bits per heavy atom. The van der Waals surface area contributed by atoms with Crippen molar-refractivity contribution < 1.29 is 4.79 Å². The summed E-state index contributed by atoms with van der Waals surface area (Å²) in [6.07, 6.45) is 1.94. The minimum atomic E-state index is 0.0474. The van der Waals surface area contributed by atoms with E-state index >= 15 is 0 Å². The van der Waals surface area contributed by atoms with Crippen molar-refractivity contribution in [2.45, 2.75) is 44.7 Å². The number of aromatic nitrogens is 1. The smallest absolute Gasteiger partial charge is 0.317 e. The number of rotatable bonds is 3. The Morgan fingerprint density at radius 1 is 1.38 bits per heavy atom. The molecule has 0 saturated carbocycles. The van der Waals surface area contributed by atoms with Gasteiger partial charge in [-0.15, -0.1) is 0 Å². The Morgan fingerprint density at radius 3 is 2.88 bits per heavy atom. The van der Waals surface area contributed by atoms with Crippen LogP contribution >= 0.6 is 11.6 Å². The molecule has 2 heterocycles. The van der Waals surface area contributed by atoms with Crippen molar-refractivity contribution in [1.82, 2.24) is 20.1 Å². The predicted molar refractivity (Wildman–Crippen MR) is 106 cm³/mol. The lowest BCUT2D eigenvalue weighted by Gasteiger charge is -2.46. The second-order valence-electron chi connectivity index (χ2n) is 7.56. The molecule has 1 aromatic carbocycles. The summed E-state index contributed by atoms with van der Waals surface area (Å²) in [6, 6.07) is 7.08. The average molecular weight is 375 g/mol. The zero-order valence-electron chi connectivity index (χ0n) is 15.7. The Hall–Kier alpha value is -1.72. The van der Waals surface area contributed by atoms with Gasteiger partial charge < -0.3 is 20.1 Å². The molecule has 0 bridgehead atoms. The monoisotopic (exact) mass is 374 g/mol. The molecule has 1 aliphatic heterocycles. The zero-order chi connectivity index (χ0) is 18.4. The third kappa shape index (κ3) is 2.78. The van der Waals surface area contributed by atoms with Crippen molar-refractivity contribution >= 4 is 28.5 Å². The van der Waals surface area contributed by atoms with Gasteiger partial charge in [-0.1, -0.05) is 23.7 Å². The van der Waals surface area contributed by atoms with Crippen LogP contribution in [0.1, 0.15) is 37.3 Å². The number of likely N-dealkylation sites (N-methyl/N-ethyl adjacent to an activating group) is 1. The van der Waals surface area contributed by atoms with Gasteiger partial charge in [-0.25, -0.2) is 4.79 Å². The Balaban J connectivity index is 1.63. The SMILES string of the molecule is CCN(CC)C(=O)NC1C[C@@H]2c3cccc4[nH]c(Cl)c(c34)C[C@H]2N(C)C1. The van der Waals surface area contributed by atoms with Crippen LogP contribution < -0.4 is 5.32 Å². The Bertz CT molecular complexity index is 829. The van der Waals surface area contributed by atoms with E-state index in [0.29, 0.717) is 12.0 Å². The first-order valence-electron chi connectivity index (χ1n) is 9.58.